The maximum absolute atomic E-state index is 13.2. The maximum atomic E-state index is 13.2. The fourth-order valence-corrected chi connectivity index (χ4v) is 3.70. The van der Waals surface area contributed by atoms with Crippen LogP contribution in [0.3, 0.4) is 0 Å². The first kappa shape index (κ1) is 20.9. The third-order valence-electron chi connectivity index (χ3n) is 5.04. The molecule has 0 unspecified atom stereocenters. The summed E-state index contributed by atoms with van der Waals surface area (Å²) >= 11 is 0. The second-order valence-corrected chi connectivity index (χ2v) is 7.83. The summed E-state index contributed by atoms with van der Waals surface area (Å²) in [6, 6.07) is 13.3. The Kier molecular flexibility index (Phi) is 6.57. The summed E-state index contributed by atoms with van der Waals surface area (Å²) in [7, 11) is 0. The summed E-state index contributed by atoms with van der Waals surface area (Å²) in [4.78, 5) is 26.7. The Morgan fingerprint density at radius 3 is 2.66 bits per heavy atom. The number of ether oxygens (including phenoxy) is 1. The molecule has 1 aliphatic heterocycles. The number of anilines is 1. The number of para-hydroxylation sites is 1. The molecule has 2 aromatic carbocycles. The molecule has 1 heterocycles. The summed E-state index contributed by atoms with van der Waals surface area (Å²) < 4.78 is 5.93. The smallest absolute Gasteiger partial charge is 0.254 e. The van der Waals surface area contributed by atoms with E-state index in [9.17, 15) is 9.59 Å². The molecule has 0 saturated carbocycles. The summed E-state index contributed by atoms with van der Waals surface area (Å²) in [5.74, 6) is 0.459. The van der Waals surface area contributed by atoms with E-state index in [4.69, 9.17) is 4.74 Å². The highest BCUT2D eigenvalue weighted by atomic mass is 16.5. The number of amides is 2. The maximum Gasteiger partial charge on any atom is 0.254 e. The van der Waals surface area contributed by atoms with Crippen molar-refractivity contribution in [3.05, 3.63) is 59.2 Å². The lowest BCUT2D eigenvalue weighted by molar-refractivity contribution is -0.126. The van der Waals surface area contributed by atoms with Gasteiger partial charge in [-0.3, -0.25) is 9.59 Å². The highest BCUT2D eigenvalue weighted by Crippen LogP contribution is 2.38. The van der Waals surface area contributed by atoms with Crippen LogP contribution in [0.25, 0.3) is 0 Å². The molecule has 3 rings (SSSR count). The van der Waals surface area contributed by atoms with Crippen LogP contribution in [0.4, 0.5) is 5.69 Å². The van der Waals surface area contributed by atoms with Gasteiger partial charge in [-0.05, 0) is 44.4 Å². The first-order chi connectivity index (χ1) is 13.9. The molecule has 1 N–H and O–H groups in total. The van der Waals surface area contributed by atoms with E-state index in [2.05, 4.69) is 24.4 Å². The normalized spacial score (nSPS) is 15.6. The van der Waals surface area contributed by atoms with Crippen LogP contribution in [0.2, 0.25) is 0 Å². The van der Waals surface area contributed by atoms with Gasteiger partial charge in [-0.2, -0.15) is 0 Å². The second kappa shape index (κ2) is 9.12. The second-order valence-electron chi connectivity index (χ2n) is 7.83. The molecule has 2 aromatic rings. The van der Waals surface area contributed by atoms with Crippen molar-refractivity contribution in [2.45, 2.75) is 65.6 Å². The highest BCUT2D eigenvalue weighted by molar-refractivity contribution is 6.06. The molecule has 1 aliphatic rings. The first-order valence-electron chi connectivity index (χ1n) is 10.4. The van der Waals surface area contributed by atoms with E-state index in [1.54, 1.807) is 4.90 Å². The third kappa shape index (κ3) is 4.78. The molecule has 5 nitrogen and oxygen atoms in total. The van der Waals surface area contributed by atoms with Gasteiger partial charge >= 0.3 is 0 Å². The van der Waals surface area contributed by atoms with E-state index >= 15 is 0 Å². The van der Waals surface area contributed by atoms with Crippen molar-refractivity contribution in [1.82, 2.24) is 5.32 Å². The van der Waals surface area contributed by atoms with E-state index < -0.39 is 6.04 Å². The Hall–Kier alpha value is -2.82. The molecule has 0 saturated heterocycles. The summed E-state index contributed by atoms with van der Waals surface area (Å²) in [6.45, 7) is 7.98. The summed E-state index contributed by atoms with van der Waals surface area (Å²) in [5, 5.41) is 2.83. The molecule has 0 aromatic heterocycles. The highest BCUT2D eigenvalue weighted by Gasteiger charge is 2.38. The minimum atomic E-state index is -0.637. The summed E-state index contributed by atoms with van der Waals surface area (Å²) in [5.41, 5.74) is 3.87. The monoisotopic (exact) mass is 394 g/mol. The van der Waals surface area contributed by atoms with Crippen molar-refractivity contribution < 1.29 is 14.3 Å². The van der Waals surface area contributed by atoms with Gasteiger partial charge in [0.05, 0.1) is 12.6 Å². The summed E-state index contributed by atoms with van der Waals surface area (Å²) in [6.07, 6.45) is 3.23. The molecule has 0 radical (unpaired) electrons. The van der Waals surface area contributed by atoms with Crippen LogP contribution in [-0.4, -0.2) is 17.9 Å². The number of aryl methyl sites for hydroxylation is 1. The predicted molar refractivity (Wildman–Crippen MR) is 115 cm³/mol. The molecular formula is C24H30N2O3. The van der Waals surface area contributed by atoms with Crippen LogP contribution >= 0.6 is 0 Å². The number of fused-ring (bicyclic) bond motifs is 1. The quantitative estimate of drug-likeness (QED) is 0.715. The molecule has 0 spiro atoms. The standard InChI is InChI=1S/C24H30N2O3/c1-5-6-9-18-12-13-21-20(14-18)23(25-17(4)27)24(28)26(21)15-19-10-7-8-11-22(19)29-16(2)3/h7-8,10-14,16,23H,5-6,9,15H2,1-4H3,(H,25,27)/t23-/m0/s1. The largest absolute Gasteiger partial charge is 0.491 e. The molecule has 2 amide bonds. The number of carbonyl (C=O) groups is 2. The number of carbonyl (C=O) groups excluding carboxylic acids is 2. The van der Waals surface area contributed by atoms with Gasteiger partial charge < -0.3 is 15.0 Å². The molecule has 1 atom stereocenters. The van der Waals surface area contributed by atoms with Crippen molar-refractivity contribution in [3.8, 4) is 5.75 Å². The lowest BCUT2D eigenvalue weighted by Crippen LogP contribution is -2.36. The third-order valence-corrected chi connectivity index (χ3v) is 5.04. The lowest BCUT2D eigenvalue weighted by Gasteiger charge is -2.21. The van der Waals surface area contributed by atoms with Crippen molar-refractivity contribution in [1.29, 1.82) is 0 Å². The molecule has 29 heavy (non-hydrogen) atoms. The van der Waals surface area contributed by atoms with E-state index in [0.29, 0.717) is 6.54 Å². The van der Waals surface area contributed by atoms with Crippen molar-refractivity contribution in [2.75, 3.05) is 4.90 Å². The van der Waals surface area contributed by atoms with Crippen molar-refractivity contribution in [3.63, 3.8) is 0 Å². The average Bonchev–Trinajstić information content (AvgIpc) is 2.92. The van der Waals surface area contributed by atoms with Crippen LogP contribution in [-0.2, 0) is 22.6 Å². The molecule has 5 heteroatoms. The number of benzene rings is 2. The zero-order valence-corrected chi connectivity index (χ0v) is 17.7. The van der Waals surface area contributed by atoms with Crippen LogP contribution in [0, 0.1) is 0 Å². The van der Waals surface area contributed by atoms with Crippen molar-refractivity contribution in [2.24, 2.45) is 0 Å². The Morgan fingerprint density at radius 1 is 1.21 bits per heavy atom. The molecule has 154 valence electrons. The SMILES string of the molecule is CCCCc1ccc2c(c1)[C@H](NC(C)=O)C(=O)N2Cc1ccccc1OC(C)C. The Labute approximate surface area is 173 Å². The Morgan fingerprint density at radius 2 is 1.97 bits per heavy atom. The average molecular weight is 395 g/mol. The van der Waals surface area contributed by atoms with Gasteiger partial charge in [0.2, 0.25) is 5.91 Å². The van der Waals surface area contributed by atoms with E-state index in [0.717, 1.165) is 41.8 Å². The zero-order chi connectivity index (χ0) is 21.0. The number of hydrogen-bond acceptors (Lipinski definition) is 3. The van der Waals surface area contributed by atoms with Gasteiger partial charge in [-0.1, -0.05) is 43.7 Å². The van der Waals surface area contributed by atoms with Gasteiger partial charge in [0.1, 0.15) is 11.8 Å². The Bertz CT molecular complexity index is 891. The van der Waals surface area contributed by atoms with E-state index in [-0.39, 0.29) is 17.9 Å². The number of unbranched alkanes of at least 4 members (excludes halogenated alkanes) is 1. The van der Waals surface area contributed by atoms with Gasteiger partial charge in [0.15, 0.2) is 0 Å². The number of nitrogens with zero attached hydrogens (tertiary/aromatic N) is 1. The van der Waals surface area contributed by atoms with Crippen LogP contribution < -0.4 is 15.0 Å². The number of nitrogens with one attached hydrogen (secondary N) is 1. The molecule has 0 aliphatic carbocycles. The number of rotatable bonds is 8. The topological polar surface area (TPSA) is 58.6 Å². The van der Waals surface area contributed by atoms with E-state index in [1.807, 2.05) is 44.2 Å². The predicted octanol–water partition coefficient (Wildman–Crippen LogP) is 4.54. The molecular weight excluding hydrogens is 364 g/mol. The number of hydrogen-bond donors (Lipinski definition) is 1. The van der Waals surface area contributed by atoms with Gasteiger partial charge in [0, 0.05) is 23.7 Å². The first-order valence-corrected chi connectivity index (χ1v) is 10.4. The van der Waals surface area contributed by atoms with Gasteiger partial charge in [0.25, 0.3) is 5.91 Å². The van der Waals surface area contributed by atoms with Crippen LogP contribution in [0.5, 0.6) is 5.75 Å². The van der Waals surface area contributed by atoms with Crippen LogP contribution in [0.1, 0.15) is 63.3 Å². The minimum Gasteiger partial charge on any atom is -0.491 e. The van der Waals surface area contributed by atoms with E-state index in [1.165, 1.54) is 12.5 Å². The van der Waals surface area contributed by atoms with Gasteiger partial charge in [-0.15, -0.1) is 0 Å². The van der Waals surface area contributed by atoms with Crippen molar-refractivity contribution >= 4 is 17.5 Å². The minimum absolute atomic E-state index is 0.0472. The fraction of sp³-hybridized carbons (Fsp3) is 0.417. The fourth-order valence-electron chi connectivity index (χ4n) is 3.70. The van der Waals surface area contributed by atoms with Crippen LogP contribution in [0.15, 0.2) is 42.5 Å². The molecule has 0 fully saturated rings. The Balaban J connectivity index is 1.95. The zero-order valence-electron chi connectivity index (χ0n) is 17.7. The van der Waals surface area contributed by atoms with Gasteiger partial charge in [-0.25, -0.2) is 0 Å². The lowest BCUT2D eigenvalue weighted by atomic mass is 10.0. The molecule has 0 bridgehead atoms.